The minimum absolute atomic E-state index is 0.132. The zero-order valence-electron chi connectivity index (χ0n) is 13.9. The summed E-state index contributed by atoms with van der Waals surface area (Å²) >= 11 is 1.96. The maximum Gasteiger partial charge on any atom is 0.186 e. The third-order valence-electron chi connectivity index (χ3n) is 6.02. The zero-order chi connectivity index (χ0) is 15.1. The van der Waals surface area contributed by atoms with E-state index < -0.39 is 5.79 Å². The van der Waals surface area contributed by atoms with Crippen LogP contribution in [0.3, 0.4) is 0 Å². The van der Waals surface area contributed by atoms with Crippen molar-refractivity contribution < 1.29 is 14.2 Å². The first-order valence-corrected chi connectivity index (χ1v) is 8.62. The van der Waals surface area contributed by atoms with Crippen molar-refractivity contribution in [3.8, 4) is 0 Å². The van der Waals surface area contributed by atoms with Crippen LogP contribution in [0.25, 0.3) is 0 Å². The van der Waals surface area contributed by atoms with Crippen molar-refractivity contribution >= 4 is 11.8 Å². The summed E-state index contributed by atoms with van der Waals surface area (Å²) in [7, 11) is 0. The average molecular weight is 300 g/mol. The van der Waals surface area contributed by atoms with Crippen LogP contribution in [-0.2, 0) is 14.2 Å². The molecule has 4 heteroatoms. The highest BCUT2D eigenvalue weighted by molar-refractivity contribution is 8.01. The second-order valence-electron chi connectivity index (χ2n) is 7.78. The fourth-order valence-electron chi connectivity index (χ4n) is 4.60. The van der Waals surface area contributed by atoms with Crippen molar-refractivity contribution in [3.05, 3.63) is 0 Å². The van der Waals surface area contributed by atoms with Crippen molar-refractivity contribution in [2.24, 2.45) is 10.8 Å². The SMILES string of the molecule is C[C@H]1OC2(O[C@@H]1C)C(C)(C)C1(O[C@H](C)[C@@H](C)S1)C2(C)C. The highest BCUT2D eigenvalue weighted by atomic mass is 32.2. The minimum Gasteiger partial charge on any atom is -0.359 e. The van der Waals surface area contributed by atoms with Crippen LogP contribution < -0.4 is 0 Å². The van der Waals surface area contributed by atoms with E-state index in [9.17, 15) is 0 Å². The highest BCUT2D eigenvalue weighted by Gasteiger charge is 2.87. The van der Waals surface area contributed by atoms with Gasteiger partial charge in [0.15, 0.2) is 5.79 Å². The largest absolute Gasteiger partial charge is 0.359 e. The first kappa shape index (κ1) is 15.1. The molecule has 2 heterocycles. The molecule has 0 aromatic rings. The van der Waals surface area contributed by atoms with E-state index in [2.05, 4.69) is 55.4 Å². The molecule has 2 spiro atoms. The number of ether oxygens (including phenoxy) is 3. The van der Waals surface area contributed by atoms with Crippen molar-refractivity contribution in [2.75, 3.05) is 0 Å². The summed E-state index contributed by atoms with van der Waals surface area (Å²) < 4.78 is 19.2. The monoisotopic (exact) mass is 300 g/mol. The molecule has 0 aromatic carbocycles. The van der Waals surface area contributed by atoms with Crippen LogP contribution in [-0.4, -0.2) is 34.3 Å². The fraction of sp³-hybridized carbons (Fsp3) is 1.00. The van der Waals surface area contributed by atoms with E-state index in [-0.39, 0.29) is 34.1 Å². The lowest BCUT2D eigenvalue weighted by molar-refractivity contribution is -0.434. The van der Waals surface area contributed by atoms with Gasteiger partial charge < -0.3 is 14.2 Å². The Hall–Kier alpha value is 0.230. The molecule has 116 valence electrons. The first-order valence-electron chi connectivity index (χ1n) is 7.74. The smallest absolute Gasteiger partial charge is 0.186 e. The zero-order valence-corrected chi connectivity index (χ0v) is 14.8. The molecule has 0 amide bonds. The summed E-state index contributed by atoms with van der Waals surface area (Å²) in [5.41, 5.74) is -0.349. The molecule has 0 bridgehead atoms. The van der Waals surface area contributed by atoms with Gasteiger partial charge in [0, 0.05) is 5.25 Å². The number of rotatable bonds is 0. The quantitative estimate of drug-likeness (QED) is 0.680. The maximum atomic E-state index is 6.49. The predicted molar refractivity (Wildman–Crippen MR) is 81.7 cm³/mol. The Morgan fingerprint density at radius 1 is 0.700 bits per heavy atom. The van der Waals surface area contributed by atoms with Crippen LogP contribution >= 0.6 is 11.8 Å². The molecule has 0 radical (unpaired) electrons. The van der Waals surface area contributed by atoms with Gasteiger partial charge in [-0.3, -0.25) is 0 Å². The van der Waals surface area contributed by atoms with E-state index in [0.29, 0.717) is 5.25 Å². The molecule has 2 saturated heterocycles. The molecule has 1 aliphatic carbocycles. The molecule has 4 atom stereocenters. The summed E-state index contributed by atoms with van der Waals surface area (Å²) in [4.78, 5) is -0.234. The Morgan fingerprint density at radius 2 is 1.15 bits per heavy atom. The van der Waals surface area contributed by atoms with Crippen LogP contribution in [0.4, 0.5) is 0 Å². The lowest BCUT2D eigenvalue weighted by Gasteiger charge is -2.73. The van der Waals surface area contributed by atoms with Gasteiger partial charge in [0.05, 0.1) is 29.1 Å². The Kier molecular flexibility index (Phi) is 2.99. The van der Waals surface area contributed by atoms with Crippen molar-refractivity contribution in [1.29, 1.82) is 0 Å². The summed E-state index contributed by atoms with van der Waals surface area (Å²) in [5, 5.41) is 0.502. The van der Waals surface area contributed by atoms with Gasteiger partial charge in [-0.05, 0) is 20.8 Å². The van der Waals surface area contributed by atoms with Crippen LogP contribution in [0.2, 0.25) is 0 Å². The molecule has 3 rings (SSSR count). The maximum absolute atomic E-state index is 6.49. The van der Waals surface area contributed by atoms with Gasteiger partial charge in [0.25, 0.3) is 0 Å². The standard InChI is InChI=1S/C16H28O3S/c1-9-10(2)18-15(17-9)13(5,6)16(14(15,7)8)19-11(3)12(4)20-16/h9-12H,1-8H3/t9-,10-,11-,12-/m1/s1. The summed E-state index contributed by atoms with van der Waals surface area (Å²) in [6, 6.07) is 0. The third kappa shape index (κ3) is 1.31. The van der Waals surface area contributed by atoms with E-state index in [1.165, 1.54) is 0 Å². The van der Waals surface area contributed by atoms with Crippen LogP contribution in [0.15, 0.2) is 0 Å². The molecule has 2 aliphatic heterocycles. The molecule has 0 unspecified atom stereocenters. The van der Waals surface area contributed by atoms with Crippen LogP contribution in [0, 0.1) is 10.8 Å². The van der Waals surface area contributed by atoms with E-state index in [0.717, 1.165) is 0 Å². The van der Waals surface area contributed by atoms with Crippen molar-refractivity contribution in [3.63, 3.8) is 0 Å². The first-order chi connectivity index (χ1) is 9.02. The van der Waals surface area contributed by atoms with Gasteiger partial charge in [-0.25, -0.2) is 0 Å². The molecule has 20 heavy (non-hydrogen) atoms. The predicted octanol–water partition coefficient (Wildman–Crippen LogP) is 3.81. The van der Waals surface area contributed by atoms with Gasteiger partial charge in [0.2, 0.25) is 0 Å². The Bertz CT molecular complexity index is 355. The van der Waals surface area contributed by atoms with Crippen molar-refractivity contribution in [2.45, 2.75) is 89.7 Å². The van der Waals surface area contributed by atoms with Gasteiger partial charge >= 0.3 is 0 Å². The second-order valence-corrected chi connectivity index (χ2v) is 9.33. The minimum atomic E-state index is -0.546. The average Bonchev–Trinajstić information content (AvgIpc) is 2.81. The molecular formula is C16H28O3S. The normalized spacial score (nSPS) is 46.8. The Labute approximate surface area is 127 Å². The summed E-state index contributed by atoms with van der Waals surface area (Å²) in [6.07, 6.45) is 0.534. The van der Waals surface area contributed by atoms with E-state index in [4.69, 9.17) is 14.2 Å². The fourth-order valence-corrected chi connectivity index (χ4v) is 6.43. The molecular weight excluding hydrogens is 272 g/mol. The highest BCUT2D eigenvalue weighted by Crippen LogP contribution is 2.79. The summed E-state index contributed by atoms with van der Waals surface area (Å²) in [5.74, 6) is -0.546. The lowest BCUT2D eigenvalue weighted by Crippen LogP contribution is -2.83. The van der Waals surface area contributed by atoms with Gasteiger partial charge in [0.1, 0.15) is 4.93 Å². The van der Waals surface area contributed by atoms with E-state index in [1.807, 2.05) is 11.8 Å². The molecule has 0 N–H and O–H groups in total. The molecule has 3 aliphatic rings. The molecule has 3 nitrogen and oxygen atoms in total. The Morgan fingerprint density at radius 3 is 1.50 bits per heavy atom. The number of hydrogen-bond acceptors (Lipinski definition) is 4. The van der Waals surface area contributed by atoms with E-state index >= 15 is 0 Å². The Balaban J connectivity index is 2.03. The van der Waals surface area contributed by atoms with Gasteiger partial charge in [-0.2, -0.15) is 0 Å². The number of thioether (sulfide) groups is 1. The number of hydrogen-bond donors (Lipinski definition) is 0. The molecule has 1 saturated carbocycles. The van der Waals surface area contributed by atoms with Crippen LogP contribution in [0.1, 0.15) is 55.4 Å². The third-order valence-corrected chi connectivity index (χ3v) is 8.22. The van der Waals surface area contributed by atoms with Gasteiger partial charge in [-0.15, -0.1) is 11.8 Å². The van der Waals surface area contributed by atoms with Crippen molar-refractivity contribution in [1.82, 2.24) is 0 Å². The second kappa shape index (κ2) is 3.95. The lowest BCUT2D eigenvalue weighted by atomic mass is 9.47. The van der Waals surface area contributed by atoms with Crippen LogP contribution in [0.5, 0.6) is 0 Å². The molecule has 3 fully saturated rings. The van der Waals surface area contributed by atoms with Gasteiger partial charge in [-0.1, -0.05) is 34.6 Å². The molecule has 0 aromatic heterocycles. The topological polar surface area (TPSA) is 27.7 Å². The summed E-state index contributed by atoms with van der Waals surface area (Å²) in [6.45, 7) is 17.6. The van der Waals surface area contributed by atoms with E-state index in [1.54, 1.807) is 0 Å².